The first kappa shape index (κ1) is 31.0. The SMILES string of the molecule is c1ccc(-c2nc(-c3ccc(-c4cc5ccc6cccc7c8cccc9ccc%10cccc(c(c4)c5c67)c%10c98)cc3)cc(-c3cccc4ccccc34)n2)cc1. The normalized spacial score (nSPS) is 11.9. The van der Waals surface area contributed by atoms with Crippen molar-refractivity contribution in [3.8, 4) is 45.0 Å². The van der Waals surface area contributed by atoms with E-state index in [9.17, 15) is 0 Å². The number of aromatic nitrogens is 2. The molecule has 0 bridgehead atoms. The molecule has 0 aliphatic heterocycles. The molecule has 12 aromatic rings. The van der Waals surface area contributed by atoms with Crippen molar-refractivity contribution in [2.75, 3.05) is 0 Å². The van der Waals surface area contributed by atoms with Crippen molar-refractivity contribution in [1.29, 1.82) is 0 Å². The lowest BCUT2D eigenvalue weighted by Crippen LogP contribution is -1.96. The van der Waals surface area contributed by atoms with Crippen LogP contribution in [0, 0.1) is 0 Å². The Labute approximate surface area is 323 Å². The van der Waals surface area contributed by atoms with Gasteiger partial charge in [-0.2, -0.15) is 0 Å². The Balaban J connectivity index is 1.07. The van der Waals surface area contributed by atoms with Gasteiger partial charge in [0.2, 0.25) is 0 Å². The van der Waals surface area contributed by atoms with Crippen LogP contribution >= 0.6 is 0 Å². The molecule has 2 heteroatoms. The summed E-state index contributed by atoms with van der Waals surface area (Å²) in [6.07, 6.45) is 0. The molecule has 0 unspecified atom stereocenters. The summed E-state index contributed by atoms with van der Waals surface area (Å²) in [5, 5.41) is 17.8. The van der Waals surface area contributed by atoms with Crippen LogP contribution in [0.15, 0.2) is 194 Å². The Morgan fingerprint density at radius 2 is 0.750 bits per heavy atom. The molecule has 11 aromatic carbocycles. The number of nitrogens with zero attached hydrogens (tertiary/aromatic N) is 2. The van der Waals surface area contributed by atoms with Gasteiger partial charge < -0.3 is 0 Å². The Kier molecular flexibility index (Phi) is 6.66. The first-order chi connectivity index (χ1) is 27.7. The quantitative estimate of drug-likeness (QED) is 0.170. The molecule has 258 valence electrons. The Morgan fingerprint density at radius 1 is 0.250 bits per heavy atom. The van der Waals surface area contributed by atoms with Crippen LogP contribution in [0.1, 0.15) is 0 Å². The second-order valence-electron chi connectivity index (χ2n) is 14.9. The summed E-state index contributed by atoms with van der Waals surface area (Å²) in [6.45, 7) is 0. The molecule has 0 N–H and O–H groups in total. The molecule has 56 heavy (non-hydrogen) atoms. The number of hydrogen-bond acceptors (Lipinski definition) is 2. The minimum Gasteiger partial charge on any atom is -0.228 e. The topological polar surface area (TPSA) is 25.8 Å². The minimum absolute atomic E-state index is 0.716. The molecule has 0 saturated heterocycles. The molecule has 2 nitrogen and oxygen atoms in total. The van der Waals surface area contributed by atoms with Gasteiger partial charge in [-0.15, -0.1) is 0 Å². The van der Waals surface area contributed by atoms with Gasteiger partial charge in [0, 0.05) is 16.7 Å². The van der Waals surface area contributed by atoms with E-state index in [1.807, 2.05) is 18.2 Å². The first-order valence-electron chi connectivity index (χ1n) is 19.2. The van der Waals surface area contributed by atoms with Crippen molar-refractivity contribution in [2.45, 2.75) is 0 Å². The summed E-state index contributed by atoms with van der Waals surface area (Å²) in [4.78, 5) is 10.3. The van der Waals surface area contributed by atoms with E-state index < -0.39 is 0 Å². The molecule has 1 aromatic heterocycles. The highest BCUT2D eigenvalue weighted by molar-refractivity contribution is 6.37. The Bertz CT molecular complexity index is 3500. The van der Waals surface area contributed by atoms with Crippen molar-refractivity contribution < 1.29 is 0 Å². The van der Waals surface area contributed by atoms with Gasteiger partial charge in [-0.1, -0.05) is 176 Å². The van der Waals surface area contributed by atoms with Crippen LogP contribution in [0.25, 0.3) is 120 Å². The Morgan fingerprint density at radius 3 is 1.45 bits per heavy atom. The fourth-order valence-corrected chi connectivity index (χ4v) is 9.18. The van der Waals surface area contributed by atoms with Gasteiger partial charge in [-0.05, 0) is 105 Å². The van der Waals surface area contributed by atoms with Gasteiger partial charge in [0.15, 0.2) is 5.82 Å². The predicted molar refractivity (Wildman–Crippen MR) is 238 cm³/mol. The van der Waals surface area contributed by atoms with E-state index in [-0.39, 0.29) is 0 Å². The van der Waals surface area contributed by atoms with Crippen LogP contribution in [-0.2, 0) is 0 Å². The zero-order valence-corrected chi connectivity index (χ0v) is 30.4. The van der Waals surface area contributed by atoms with Crippen LogP contribution in [0.5, 0.6) is 0 Å². The number of fused-ring (bicyclic) bond motifs is 3. The third-order valence-electron chi connectivity index (χ3n) is 11.8. The standard InChI is InChI=1S/C54H32N2/c1-2-11-39(12-3-1)54-55-48(32-49(56-54)43-18-6-13-34-10-4-5-17-42(34)43)35-24-22-33(23-25-35)41-30-40-29-28-38-15-8-20-45-44-19-7-14-36-26-27-37-16-9-21-46(52(37)50(36)44)47(31-41)53(40)51(38)45/h1-32H. The van der Waals surface area contributed by atoms with E-state index in [0.717, 1.165) is 28.1 Å². The zero-order chi connectivity index (χ0) is 36.7. The number of rotatable bonds is 4. The lowest BCUT2D eigenvalue weighted by Gasteiger charge is -2.17. The monoisotopic (exact) mass is 708 g/mol. The molecule has 0 aliphatic carbocycles. The van der Waals surface area contributed by atoms with E-state index in [4.69, 9.17) is 9.97 Å². The van der Waals surface area contributed by atoms with Crippen molar-refractivity contribution in [2.24, 2.45) is 0 Å². The fourth-order valence-electron chi connectivity index (χ4n) is 9.18. The van der Waals surface area contributed by atoms with Gasteiger partial charge in [-0.25, -0.2) is 9.97 Å². The largest absolute Gasteiger partial charge is 0.228 e. The Hall–Kier alpha value is -7.42. The fraction of sp³-hybridized carbons (Fsp3) is 0. The van der Waals surface area contributed by atoms with Gasteiger partial charge >= 0.3 is 0 Å². The molecule has 1 heterocycles. The smallest absolute Gasteiger partial charge is 0.160 e. The van der Waals surface area contributed by atoms with Crippen LogP contribution in [0.2, 0.25) is 0 Å². The molecular formula is C54H32N2. The molecule has 12 rings (SSSR count). The maximum atomic E-state index is 5.15. The summed E-state index contributed by atoms with van der Waals surface area (Å²) in [7, 11) is 0. The average Bonchev–Trinajstić information content (AvgIpc) is 3.27. The summed E-state index contributed by atoms with van der Waals surface area (Å²) in [5.41, 5.74) is 7.31. The number of benzene rings is 10. The third-order valence-corrected chi connectivity index (χ3v) is 11.8. The molecule has 0 fully saturated rings. The van der Waals surface area contributed by atoms with E-state index in [2.05, 4.69) is 176 Å². The summed E-state index contributed by atoms with van der Waals surface area (Å²) < 4.78 is 0. The van der Waals surface area contributed by atoms with Crippen molar-refractivity contribution in [3.05, 3.63) is 194 Å². The summed E-state index contributed by atoms with van der Waals surface area (Å²) >= 11 is 0. The van der Waals surface area contributed by atoms with Gasteiger partial charge in [0.05, 0.1) is 11.4 Å². The summed E-state index contributed by atoms with van der Waals surface area (Å²) in [5.74, 6) is 0.716. The molecule has 0 saturated carbocycles. The van der Waals surface area contributed by atoms with Gasteiger partial charge in [-0.3, -0.25) is 0 Å². The highest BCUT2D eigenvalue weighted by atomic mass is 14.9. The molecule has 0 atom stereocenters. The average molecular weight is 709 g/mol. The lowest BCUT2D eigenvalue weighted by atomic mass is 9.86. The van der Waals surface area contributed by atoms with Gasteiger partial charge in [0.25, 0.3) is 0 Å². The van der Waals surface area contributed by atoms with Crippen LogP contribution in [0.4, 0.5) is 0 Å². The molecule has 0 amide bonds. The molecule has 0 radical (unpaired) electrons. The maximum Gasteiger partial charge on any atom is 0.160 e. The lowest BCUT2D eigenvalue weighted by molar-refractivity contribution is 1.18. The van der Waals surface area contributed by atoms with E-state index >= 15 is 0 Å². The maximum absolute atomic E-state index is 5.15. The molecule has 0 spiro atoms. The third kappa shape index (κ3) is 4.69. The van der Waals surface area contributed by atoms with Crippen LogP contribution < -0.4 is 0 Å². The van der Waals surface area contributed by atoms with Crippen molar-refractivity contribution in [3.63, 3.8) is 0 Å². The van der Waals surface area contributed by atoms with E-state index in [0.29, 0.717) is 5.82 Å². The van der Waals surface area contributed by atoms with E-state index in [1.165, 1.54) is 86.5 Å². The zero-order valence-electron chi connectivity index (χ0n) is 30.4. The van der Waals surface area contributed by atoms with Crippen LogP contribution in [0.3, 0.4) is 0 Å². The van der Waals surface area contributed by atoms with Crippen LogP contribution in [-0.4, -0.2) is 9.97 Å². The predicted octanol–water partition coefficient (Wildman–Crippen LogP) is 14.7. The molecule has 0 aliphatic rings. The minimum atomic E-state index is 0.716. The number of hydrogen-bond donors (Lipinski definition) is 0. The van der Waals surface area contributed by atoms with Crippen molar-refractivity contribution in [1.82, 2.24) is 9.97 Å². The second kappa shape index (κ2) is 12.0. The second-order valence-corrected chi connectivity index (χ2v) is 14.9. The summed E-state index contributed by atoms with van der Waals surface area (Å²) in [6, 6.07) is 70.5. The van der Waals surface area contributed by atoms with E-state index in [1.54, 1.807) is 0 Å². The van der Waals surface area contributed by atoms with Crippen molar-refractivity contribution >= 4 is 75.4 Å². The highest BCUT2D eigenvalue weighted by Gasteiger charge is 2.17. The molecular weight excluding hydrogens is 677 g/mol. The van der Waals surface area contributed by atoms with Gasteiger partial charge in [0.1, 0.15) is 0 Å². The first-order valence-corrected chi connectivity index (χ1v) is 19.2. The highest BCUT2D eigenvalue weighted by Crippen LogP contribution is 2.44.